The summed E-state index contributed by atoms with van der Waals surface area (Å²) >= 11 is 0. The maximum Gasteiger partial charge on any atom is 0.407 e. The van der Waals surface area contributed by atoms with Crippen LogP contribution in [0.25, 0.3) is 10.9 Å². The zero-order chi connectivity index (χ0) is 30.4. The van der Waals surface area contributed by atoms with Crippen molar-refractivity contribution in [3.8, 4) is 12.1 Å². The first-order chi connectivity index (χ1) is 21.3. The van der Waals surface area contributed by atoms with Crippen molar-refractivity contribution in [1.29, 1.82) is 5.26 Å². The highest BCUT2D eigenvalue weighted by atomic mass is 16.5. The van der Waals surface area contributed by atoms with E-state index in [2.05, 4.69) is 34.9 Å². The molecule has 44 heavy (non-hydrogen) atoms. The van der Waals surface area contributed by atoms with Crippen LogP contribution in [0.1, 0.15) is 61.6 Å². The minimum absolute atomic E-state index is 0.0438. The topological polar surface area (TPSA) is 159 Å². The van der Waals surface area contributed by atoms with Gasteiger partial charge in [0.25, 0.3) is 0 Å². The molecule has 1 aliphatic carbocycles. The van der Waals surface area contributed by atoms with Crippen LogP contribution in [0.3, 0.4) is 0 Å². The first-order valence-corrected chi connectivity index (χ1v) is 15.6. The summed E-state index contributed by atoms with van der Waals surface area (Å²) in [6, 6.07) is 6.29. The first-order valence-electron chi connectivity index (χ1n) is 15.6. The van der Waals surface area contributed by atoms with Gasteiger partial charge >= 0.3 is 12.1 Å². The number of hydrogen-bond acceptors (Lipinski definition) is 10. The van der Waals surface area contributed by atoms with Gasteiger partial charge in [0.15, 0.2) is 6.23 Å². The summed E-state index contributed by atoms with van der Waals surface area (Å²) < 4.78 is 14.2. The van der Waals surface area contributed by atoms with Crippen molar-refractivity contribution in [2.75, 3.05) is 49.2 Å². The number of aryl methyl sites for hydroxylation is 1. The van der Waals surface area contributed by atoms with Gasteiger partial charge in [-0.3, -0.25) is 0 Å². The fourth-order valence-corrected chi connectivity index (χ4v) is 6.78. The highest BCUT2D eigenvalue weighted by Crippen LogP contribution is 2.38. The van der Waals surface area contributed by atoms with Crippen molar-refractivity contribution in [3.05, 3.63) is 35.2 Å². The number of carbonyl (C=O) groups is 1. The summed E-state index contributed by atoms with van der Waals surface area (Å²) in [5, 5.41) is 25.0. The van der Waals surface area contributed by atoms with Gasteiger partial charge in [0.2, 0.25) is 0 Å². The van der Waals surface area contributed by atoms with E-state index in [-0.39, 0.29) is 24.2 Å². The van der Waals surface area contributed by atoms with Crippen LogP contribution >= 0.6 is 0 Å². The normalized spacial score (nSPS) is 22.9. The molecule has 0 radical (unpaired) electrons. The molecule has 0 bridgehead atoms. The summed E-state index contributed by atoms with van der Waals surface area (Å²) in [5.74, 6) is 0.761. The number of piperazine rings is 1. The quantitative estimate of drug-likeness (QED) is 0.409. The minimum Gasteiger partial charge on any atom is -0.465 e. The lowest BCUT2D eigenvalue weighted by atomic mass is 10.0. The molecule has 3 fully saturated rings. The van der Waals surface area contributed by atoms with Crippen LogP contribution in [-0.4, -0.2) is 86.8 Å². The maximum absolute atomic E-state index is 11.9. The lowest BCUT2D eigenvalue weighted by molar-refractivity contribution is -0.0366. The Hall–Kier alpha value is -4.15. The Kier molecular flexibility index (Phi) is 7.42. The minimum atomic E-state index is -1.00. The summed E-state index contributed by atoms with van der Waals surface area (Å²) in [6.07, 6.45) is 6.74. The van der Waals surface area contributed by atoms with Gasteiger partial charge in [0.05, 0.1) is 53.7 Å². The molecule has 7 rings (SSSR count). The van der Waals surface area contributed by atoms with Crippen LogP contribution < -0.4 is 20.3 Å². The van der Waals surface area contributed by atoms with Gasteiger partial charge in [-0.1, -0.05) is 6.07 Å². The second-order valence-electron chi connectivity index (χ2n) is 12.6. The molecule has 5 heterocycles. The van der Waals surface area contributed by atoms with E-state index in [9.17, 15) is 15.2 Å². The molecule has 3 aliphatic heterocycles. The number of aromatic nitrogens is 4. The molecule has 0 spiro atoms. The lowest BCUT2D eigenvalue weighted by Crippen LogP contribution is -2.55. The van der Waals surface area contributed by atoms with E-state index < -0.39 is 12.1 Å². The van der Waals surface area contributed by atoms with E-state index in [1.54, 1.807) is 0 Å². The number of fused-ring (bicyclic) bond motifs is 2. The van der Waals surface area contributed by atoms with E-state index in [0.717, 1.165) is 78.9 Å². The third-order valence-electron chi connectivity index (χ3n) is 9.46. The molecule has 4 aliphatic rings. The van der Waals surface area contributed by atoms with Crippen LogP contribution in [0, 0.1) is 18.3 Å². The number of nitrogens with zero attached hydrogens (tertiary/aromatic N) is 8. The second-order valence-corrected chi connectivity index (χ2v) is 12.6. The molecule has 2 atom stereocenters. The molecule has 2 saturated heterocycles. The van der Waals surface area contributed by atoms with E-state index in [4.69, 9.17) is 30.3 Å². The Morgan fingerprint density at radius 1 is 1.23 bits per heavy atom. The molecule has 1 saturated carbocycles. The number of carboxylic acid groups (broad SMARTS) is 1. The van der Waals surface area contributed by atoms with Crippen molar-refractivity contribution in [3.63, 3.8) is 0 Å². The zero-order valence-electron chi connectivity index (χ0n) is 25.1. The van der Waals surface area contributed by atoms with Gasteiger partial charge in [-0.15, -0.1) is 0 Å². The smallest absolute Gasteiger partial charge is 0.407 e. The highest BCUT2D eigenvalue weighted by molar-refractivity contribution is 5.94. The van der Waals surface area contributed by atoms with Crippen LogP contribution in [0.5, 0.6) is 6.01 Å². The Balaban J connectivity index is 1.22. The fourth-order valence-electron chi connectivity index (χ4n) is 6.78. The molecule has 3 N–H and O–H groups in total. The van der Waals surface area contributed by atoms with Gasteiger partial charge in [-0.25, -0.2) is 9.48 Å². The molecule has 3 aromatic rings. The Morgan fingerprint density at radius 2 is 2.09 bits per heavy atom. The third-order valence-corrected chi connectivity index (χ3v) is 9.46. The average Bonchev–Trinajstić information content (AvgIpc) is 3.62. The number of amides is 1. The van der Waals surface area contributed by atoms with Crippen LogP contribution in [0.4, 0.5) is 16.3 Å². The molecule has 1 amide bonds. The summed E-state index contributed by atoms with van der Waals surface area (Å²) in [6.45, 7) is 5.72. The lowest BCUT2D eigenvalue weighted by Gasteiger charge is -2.41. The molecule has 2 aromatic heterocycles. The van der Waals surface area contributed by atoms with Gasteiger partial charge in [0.1, 0.15) is 12.4 Å². The summed E-state index contributed by atoms with van der Waals surface area (Å²) in [5.41, 5.74) is 11.3. The largest absolute Gasteiger partial charge is 0.465 e. The average molecular weight is 602 g/mol. The van der Waals surface area contributed by atoms with Crippen LogP contribution in [0.15, 0.2) is 18.3 Å². The van der Waals surface area contributed by atoms with Gasteiger partial charge in [-0.2, -0.15) is 20.3 Å². The van der Waals surface area contributed by atoms with Crippen molar-refractivity contribution >= 4 is 28.5 Å². The molecular weight excluding hydrogens is 562 g/mol. The van der Waals surface area contributed by atoms with Crippen molar-refractivity contribution in [2.24, 2.45) is 5.73 Å². The van der Waals surface area contributed by atoms with E-state index >= 15 is 0 Å². The number of nitriles is 1. The number of nitrogens with two attached hydrogens (primary N) is 1. The number of benzene rings is 1. The number of hydrogen-bond donors (Lipinski definition) is 2. The van der Waals surface area contributed by atoms with Crippen molar-refractivity contribution in [1.82, 2.24) is 24.6 Å². The monoisotopic (exact) mass is 601 g/mol. The van der Waals surface area contributed by atoms with Crippen LogP contribution in [-0.2, 0) is 17.7 Å². The second kappa shape index (κ2) is 11.4. The van der Waals surface area contributed by atoms with E-state index in [0.29, 0.717) is 39.2 Å². The van der Waals surface area contributed by atoms with Gasteiger partial charge in [-0.05, 0) is 57.1 Å². The molecule has 2 unspecified atom stereocenters. The van der Waals surface area contributed by atoms with E-state index in [1.165, 1.54) is 10.5 Å². The molecule has 1 aromatic carbocycles. The van der Waals surface area contributed by atoms with Gasteiger partial charge < -0.3 is 35.0 Å². The maximum atomic E-state index is 11.9. The number of ether oxygens (including phenoxy) is 2. The predicted octanol–water partition coefficient (Wildman–Crippen LogP) is 3.35. The summed E-state index contributed by atoms with van der Waals surface area (Å²) in [7, 11) is 0. The Bertz CT molecular complexity index is 1610. The molecular formula is C31H39N9O4. The molecule has 232 valence electrons. The summed E-state index contributed by atoms with van der Waals surface area (Å²) in [4.78, 5) is 27.5. The Labute approximate surface area is 256 Å². The third kappa shape index (κ3) is 5.37. The van der Waals surface area contributed by atoms with Gasteiger partial charge in [0, 0.05) is 43.7 Å². The standard InChI is InChI=1S/C31H39N9O4/c1-20-5-6-25-23(16-34-40(25)26-4-2-3-15-43-26)27(20)37-12-8-22-24(18-37)35-29(44-19-31(33)9-10-31)36-28(22)38-13-14-39(30(41)42)21(17-38)7-11-32/h5-6,16,21,26H,2-4,7-10,12-15,17-19,33H2,1H3,(H,41,42). The fraction of sp³-hybridized carbons (Fsp3) is 0.581. The van der Waals surface area contributed by atoms with E-state index in [1.807, 2.05) is 10.9 Å². The van der Waals surface area contributed by atoms with Crippen molar-refractivity contribution < 1.29 is 19.4 Å². The number of rotatable bonds is 7. The SMILES string of the molecule is Cc1ccc2c(cnn2C2CCCCO2)c1N1CCc2c(nc(OCC3(N)CC3)nc2N2CCN(C(=O)O)C(CC#N)C2)C1. The Morgan fingerprint density at radius 3 is 2.84 bits per heavy atom. The molecule has 13 heteroatoms. The first kappa shape index (κ1) is 28.6. The molecule has 13 nitrogen and oxygen atoms in total. The predicted molar refractivity (Wildman–Crippen MR) is 163 cm³/mol. The zero-order valence-corrected chi connectivity index (χ0v) is 25.1. The van der Waals surface area contributed by atoms with Crippen molar-refractivity contribution in [2.45, 2.75) is 76.2 Å². The number of anilines is 2. The highest BCUT2D eigenvalue weighted by Gasteiger charge is 2.40. The van der Waals surface area contributed by atoms with Crippen LogP contribution in [0.2, 0.25) is 0 Å².